The zero-order chi connectivity index (χ0) is 29.5. The van der Waals surface area contributed by atoms with Crippen molar-refractivity contribution in [1.82, 2.24) is 0 Å². The molecular formula is C28H35F9. The van der Waals surface area contributed by atoms with Gasteiger partial charge in [-0.3, -0.25) is 0 Å². The lowest BCUT2D eigenvalue weighted by atomic mass is 9.78. The summed E-state index contributed by atoms with van der Waals surface area (Å²) in [7, 11) is 0. The van der Waals surface area contributed by atoms with Gasteiger partial charge in [0.05, 0.1) is 5.41 Å². The Hall–Kier alpha value is -2.19. The Morgan fingerprint density at radius 3 is 0.811 bits per heavy atom. The van der Waals surface area contributed by atoms with Crippen LogP contribution in [0, 0.1) is 0 Å². The van der Waals surface area contributed by atoms with Gasteiger partial charge in [-0.05, 0) is 53.9 Å². The van der Waals surface area contributed by atoms with E-state index < -0.39 is 40.5 Å². The maximum absolute atomic E-state index is 12.9. The molecule has 0 aromatic heterocycles. The van der Waals surface area contributed by atoms with Crippen LogP contribution in [0.25, 0.3) is 0 Å². The summed E-state index contributed by atoms with van der Waals surface area (Å²) in [5.41, 5.74) is -4.83. The average Bonchev–Trinajstić information content (AvgIpc) is 2.70. The average molecular weight is 543 g/mol. The molecule has 0 aliphatic heterocycles. The molecule has 0 aliphatic rings. The molecule has 0 atom stereocenters. The molecule has 0 unspecified atom stereocenters. The Bertz CT molecular complexity index is 960. The second-order valence-electron chi connectivity index (χ2n) is 11.9. The molecule has 0 saturated heterocycles. The van der Waals surface area contributed by atoms with Crippen molar-refractivity contribution in [3.05, 3.63) is 70.8 Å². The summed E-state index contributed by atoms with van der Waals surface area (Å²) in [4.78, 5) is 0. The second kappa shape index (κ2) is 10.2. The van der Waals surface area contributed by atoms with E-state index in [1.54, 1.807) is 0 Å². The van der Waals surface area contributed by atoms with E-state index in [0.29, 0.717) is 24.3 Å². The molecule has 0 fully saturated rings. The van der Waals surface area contributed by atoms with E-state index in [9.17, 15) is 39.5 Å². The van der Waals surface area contributed by atoms with Crippen molar-refractivity contribution in [3.63, 3.8) is 0 Å². The van der Waals surface area contributed by atoms with E-state index >= 15 is 0 Å². The largest absolute Gasteiger partial charge is 0.406 e. The monoisotopic (exact) mass is 542 g/mol. The summed E-state index contributed by atoms with van der Waals surface area (Å²) < 4.78 is 116. The van der Waals surface area contributed by atoms with Crippen LogP contribution in [0.1, 0.15) is 84.6 Å². The minimum Gasteiger partial charge on any atom is -0.170 e. The number of rotatable bonds is 2. The van der Waals surface area contributed by atoms with E-state index in [0.717, 1.165) is 13.8 Å². The molecule has 0 aliphatic carbocycles. The van der Waals surface area contributed by atoms with Gasteiger partial charge in [0.15, 0.2) is 5.41 Å². The first kappa shape index (κ1) is 32.8. The molecule has 0 nitrogen and oxygen atoms in total. The molecule has 2 aromatic rings. The van der Waals surface area contributed by atoms with Crippen molar-refractivity contribution >= 4 is 0 Å². The van der Waals surface area contributed by atoms with Crippen LogP contribution in [0.2, 0.25) is 0 Å². The molecule has 2 rings (SSSR count). The molecule has 210 valence electrons. The van der Waals surface area contributed by atoms with Gasteiger partial charge >= 0.3 is 18.5 Å². The summed E-state index contributed by atoms with van der Waals surface area (Å²) >= 11 is 0. The maximum atomic E-state index is 12.9. The normalized spacial score (nSPS) is 14.2. The SMILES string of the molecule is CC(C)(C)c1ccc(C(C)(C)C)cc1.CC(C)(c1ccc(C(C)(C(F)(F)F)C(F)(F)F)cc1)C(F)(F)F. The van der Waals surface area contributed by atoms with Crippen LogP contribution in [0.5, 0.6) is 0 Å². The van der Waals surface area contributed by atoms with Crippen molar-refractivity contribution in [2.75, 3.05) is 0 Å². The standard InChI is InChI=1S/C14H13F9.C14H22/c1-10(2,12(15,16)17)8-4-6-9(7-5-8)11(3,13(18,19)20)14(21,22)23;1-13(2,3)11-7-9-12(10-8-11)14(4,5)6/h4-7H,1-3H3;7-10H,1-6H3. The molecule has 0 bridgehead atoms. The molecule has 37 heavy (non-hydrogen) atoms. The van der Waals surface area contributed by atoms with Gasteiger partial charge in [0.1, 0.15) is 0 Å². The number of halogens is 9. The lowest BCUT2D eigenvalue weighted by molar-refractivity contribution is -0.297. The van der Waals surface area contributed by atoms with Crippen LogP contribution < -0.4 is 0 Å². The summed E-state index contributed by atoms with van der Waals surface area (Å²) in [6.07, 6.45) is -16.0. The lowest BCUT2D eigenvalue weighted by Gasteiger charge is -2.35. The number of alkyl halides is 9. The number of hydrogen-bond donors (Lipinski definition) is 0. The second-order valence-corrected chi connectivity index (χ2v) is 11.9. The minimum atomic E-state index is -5.65. The van der Waals surface area contributed by atoms with Gasteiger partial charge in [-0.15, -0.1) is 0 Å². The van der Waals surface area contributed by atoms with Crippen LogP contribution in [-0.4, -0.2) is 18.5 Å². The molecule has 0 radical (unpaired) electrons. The van der Waals surface area contributed by atoms with Crippen LogP contribution in [0.3, 0.4) is 0 Å². The summed E-state index contributed by atoms with van der Waals surface area (Å²) in [6, 6.07) is 11.1. The molecule has 9 heteroatoms. The fraction of sp³-hybridized carbons (Fsp3) is 0.571. The van der Waals surface area contributed by atoms with Gasteiger partial charge in [0, 0.05) is 0 Å². The van der Waals surface area contributed by atoms with Gasteiger partial charge in [-0.25, -0.2) is 0 Å². The molecular weight excluding hydrogens is 507 g/mol. The van der Waals surface area contributed by atoms with Crippen LogP contribution >= 0.6 is 0 Å². The van der Waals surface area contributed by atoms with E-state index in [1.807, 2.05) is 0 Å². The van der Waals surface area contributed by atoms with Crippen molar-refractivity contribution in [2.24, 2.45) is 0 Å². The Morgan fingerprint density at radius 1 is 0.351 bits per heavy atom. The van der Waals surface area contributed by atoms with Gasteiger partial charge in [-0.1, -0.05) is 90.1 Å². The van der Waals surface area contributed by atoms with Gasteiger partial charge in [-0.2, -0.15) is 39.5 Å². The Morgan fingerprint density at radius 2 is 0.595 bits per heavy atom. The molecule has 0 N–H and O–H groups in total. The zero-order valence-electron chi connectivity index (χ0n) is 22.5. The number of benzene rings is 2. The molecule has 0 spiro atoms. The third-order valence-electron chi connectivity index (χ3n) is 6.64. The summed E-state index contributed by atoms with van der Waals surface area (Å²) in [6.45, 7) is 15.0. The highest BCUT2D eigenvalue weighted by Gasteiger charge is 2.68. The minimum absolute atomic E-state index is 0.0447. The Kier molecular flexibility index (Phi) is 9.03. The summed E-state index contributed by atoms with van der Waals surface area (Å²) in [5.74, 6) is 0. The van der Waals surface area contributed by atoms with Crippen LogP contribution in [0.4, 0.5) is 39.5 Å². The predicted molar refractivity (Wildman–Crippen MR) is 129 cm³/mol. The highest BCUT2D eigenvalue weighted by molar-refractivity contribution is 5.35. The van der Waals surface area contributed by atoms with E-state index in [4.69, 9.17) is 0 Å². The Balaban J connectivity index is 0.000000417. The third-order valence-corrected chi connectivity index (χ3v) is 6.64. The van der Waals surface area contributed by atoms with Crippen molar-refractivity contribution in [1.29, 1.82) is 0 Å². The fourth-order valence-corrected chi connectivity index (χ4v) is 3.34. The van der Waals surface area contributed by atoms with Crippen molar-refractivity contribution < 1.29 is 39.5 Å². The smallest absolute Gasteiger partial charge is 0.170 e. The number of hydrogen-bond acceptors (Lipinski definition) is 0. The maximum Gasteiger partial charge on any atom is 0.406 e. The zero-order valence-corrected chi connectivity index (χ0v) is 22.5. The lowest BCUT2D eigenvalue weighted by Crippen LogP contribution is -2.51. The summed E-state index contributed by atoms with van der Waals surface area (Å²) in [5, 5.41) is 0. The molecule has 0 saturated carbocycles. The first-order valence-electron chi connectivity index (χ1n) is 11.6. The quantitative estimate of drug-likeness (QED) is 0.331. The molecule has 0 heterocycles. The van der Waals surface area contributed by atoms with Crippen molar-refractivity contribution in [2.45, 2.75) is 103 Å². The predicted octanol–water partition coefficient (Wildman–Crippen LogP) is 10.2. The highest BCUT2D eigenvalue weighted by Crippen LogP contribution is 2.52. The Labute approximate surface area is 213 Å². The molecule has 2 aromatic carbocycles. The molecule has 0 amide bonds. The van der Waals surface area contributed by atoms with Crippen LogP contribution in [-0.2, 0) is 21.7 Å². The van der Waals surface area contributed by atoms with E-state index in [2.05, 4.69) is 65.8 Å². The van der Waals surface area contributed by atoms with E-state index in [-0.39, 0.29) is 17.8 Å². The fourth-order valence-electron chi connectivity index (χ4n) is 3.34. The van der Waals surface area contributed by atoms with E-state index in [1.165, 1.54) is 11.1 Å². The van der Waals surface area contributed by atoms with Crippen molar-refractivity contribution in [3.8, 4) is 0 Å². The van der Waals surface area contributed by atoms with Crippen LogP contribution in [0.15, 0.2) is 48.5 Å². The topological polar surface area (TPSA) is 0 Å². The van der Waals surface area contributed by atoms with Gasteiger partial charge in [0.2, 0.25) is 0 Å². The third kappa shape index (κ3) is 7.23. The van der Waals surface area contributed by atoms with Gasteiger partial charge in [0.25, 0.3) is 0 Å². The first-order chi connectivity index (χ1) is 16.2. The van der Waals surface area contributed by atoms with Gasteiger partial charge < -0.3 is 0 Å². The first-order valence-corrected chi connectivity index (χ1v) is 11.6. The highest BCUT2D eigenvalue weighted by atomic mass is 19.4.